The Hall–Kier alpha value is -2.03. The van der Waals surface area contributed by atoms with Gasteiger partial charge in [0.05, 0.1) is 19.3 Å². The van der Waals surface area contributed by atoms with Crippen LogP contribution in [0.4, 0.5) is 0 Å². The smallest absolute Gasteiger partial charge is 0.271 e. The Bertz CT molecular complexity index is 769. The molecule has 1 atom stereocenters. The zero-order chi connectivity index (χ0) is 18.4. The highest BCUT2D eigenvalue weighted by Crippen LogP contribution is 2.25. The molecule has 140 valence electrons. The number of aryl methyl sites for hydroxylation is 1. The van der Waals surface area contributed by atoms with Gasteiger partial charge in [-0.1, -0.05) is 13.0 Å². The van der Waals surface area contributed by atoms with E-state index in [9.17, 15) is 9.59 Å². The number of carbonyl (C=O) groups excluding carboxylic acids is 1. The molecule has 0 aromatic carbocycles. The van der Waals surface area contributed by atoms with E-state index in [-0.39, 0.29) is 23.2 Å². The van der Waals surface area contributed by atoms with Crippen molar-refractivity contribution >= 4 is 17.2 Å². The average Bonchev–Trinajstić information content (AvgIpc) is 3.19. The summed E-state index contributed by atoms with van der Waals surface area (Å²) in [4.78, 5) is 27.9. The number of carbonyl (C=O) groups is 1. The predicted octanol–water partition coefficient (Wildman–Crippen LogP) is 1.52. The molecule has 1 aliphatic rings. The van der Waals surface area contributed by atoms with Crippen molar-refractivity contribution in [3.05, 3.63) is 50.6 Å². The molecule has 0 unspecified atom stereocenters. The Kier molecular flexibility index (Phi) is 6.54. The van der Waals surface area contributed by atoms with Gasteiger partial charge in [0.2, 0.25) is 0 Å². The van der Waals surface area contributed by atoms with Gasteiger partial charge in [0, 0.05) is 37.1 Å². The van der Waals surface area contributed by atoms with Crippen molar-refractivity contribution in [3.8, 4) is 0 Å². The van der Waals surface area contributed by atoms with Gasteiger partial charge in [0.1, 0.15) is 5.69 Å². The quantitative estimate of drug-likeness (QED) is 0.793. The molecule has 0 bridgehead atoms. The minimum absolute atomic E-state index is 0.115. The maximum absolute atomic E-state index is 12.5. The number of hydrogen-bond donors (Lipinski definition) is 1. The molecule has 3 heterocycles. The fraction of sp³-hybridized carbons (Fsp3) is 0.500. The molecule has 1 saturated heterocycles. The first-order chi connectivity index (χ1) is 12.7. The summed E-state index contributed by atoms with van der Waals surface area (Å²) < 4.78 is 6.78. The highest BCUT2D eigenvalue weighted by molar-refractivity contribution is 7.10. The minimum atomic E-state index is -0.260. The normalized spacial score (nSPS) is 16.3. The molecule has 26 heavy (non-hydrogen) atoms. The lowest BCUT2D eigenvalue weighted by atomic mass is 10.2. The molecule has 1 amide bonds. The second-order valence-corrected chi connectivity index (χ2v) is 7.15. The van der Waals surface area contributed by atoms with Crippen molar-refractivity contribution in [2.75, 3.05) is 32.8 Å². The molecular formula is C18H24N4O3S. The summed E-state index contributed by atoms with van der Waals surface area (Å²) in [5.41, 5.74) is 0.0816. The SMILES string of the molecule is CCCn1nc(C(=O)NC[C@@H](c2cccs2)N2CCOCC2)ccc1=O. The van der Waals surface area contributed by atoms with Crippen molar-refractivity contribution in [1.29, 1.82) is 0 Å². The number of nitrogens with one attached hydrogen (secondary N) is 1. The molecule has 7 nitrogen and oxygen atoms in total. The number of ether oxygens (including phenoxy) is 1. The van der Waals surface area contributed by atoms with Crippen LogP contribution in [0.25, 0.3) is 0 Å². The van der Waals surface area contributed by atoms with Crippen molar-refractivity contribution in [2.24, 2.45) is 0 Å². The third kappa shape index (κ3) is 4.57. The number of aromatic nitrogens is 2. The average molecular weight is 376 g/mol. The van der Waals surface area contributed by atoms with Gasteiger partial charge < -0.3 is 10.1 Å². The van der Waals surface area contributed by atoms with Crippen LogP contribution in [0.5, 0.6) is 0 Å². The van der Waals surface area contributed by atoms with Crippen LogP contribution in [-0.4, -0.2) is 53.4 Å². The monoisotopic (exact) mass is 376 g/mol. The first-order valence-corrected chi connectivity index (χ1v) is 9.78. The fourth-order valence-electron chi connectivity index (χ4n) is 3.00. The zero-order valence-corrected chi connectivity index (χ0v) is 15.7. The van der Waals surface area contributed by atoms with Crippen molar-refractivity contribution in [1.82, 2.24) is 20.0 Å². The third-order valence-corrected chi connectivity index (χ3v) is 5.32. The van der Waals surface area contributed by atoms with E-state index < -0.39 is 0 Å². The van der Waals surface area contributed by atoms with Gasteiger partial charge in [-0.2, -0.15) is 5.10 Å². The van der Waals surface area contributed by atoms with E-state index in [4.69, 9.17) is 4.74 Å². The van der Waals surface area contributed by atoms with Crippen LogP contribution < -0.4 is 10.9 Å². The Balaban J connectivity index is 1.69. The number of rotatable bonds is 7. The molecule has 2 aromatic rings. The second-order valence-electron chi connectivity index (χ2n) is 6.17. The third-order valence-electron chi connectivity index (χ3n) is 4.35. The van der Waals surface area contributed by atoms with E-state index in [0.29, 0.717) is 26.3 Å². The van der Waals surface area contributed by atoms with Gasteiger partial charge in [-0.25, -0.2) is 4.68 Å². The summed E-state index contributed by atoms with van der Waals surface area (Å²) in [5.74, 6) is -0.260. The number of morpholine rings is 1. The standard InChI is InChI=1S/C18H24N4O3S/c1-2-7-22-17(23)6-5-14(20-22)18(24)19-13-15(16-4-3-12-26-16)21-8-10-25-11-9-21/h3-6,12,15H,2,7-11,13H2,1H3,(H,19,24)/t15-/m0/s1. The van der Waals surface area contributed by atoms with Crippen LogP contribution in [0.15, 0.2) is 34.4 Å². The Morgan fingerprint density at radius 2 is 2.15 bits per heavy atom. The zero-order valence-electron chi connectivity index (χ0n) is 14.9. The van der Waals surface area contributed by atoms with Crippen LogP contribution in [0.2, 0.25) is 0 Å². The second kappa shape index (κ2) is 9.07. The maximum Gasteiger partial charge on any atom is 0.271 e. The Morgan fingerprint density at radius 3 is 2.85 bits per heavy atom. The molecule has 1 aliphatic heterocycles. The first-order valence-electron chi connectivity index (χ1n) is 8.90. The molecule has 0 aliphatic carbocycles. The lowest BCUT2D eigenvalue weighted by molar-refractivity contribution is 0.0169. The summed E-state index contributed by atoms with van der Waals surface area (Å²) in [6.07, 6.45) is 0.787. The summed E-state index contributed by atoms with van der Waals surface area (Å²) in [7, 11) is 0. The topological polar surface area (TPSA) is 76.5 Å². The number of thiophene rings is 1. The molecule has 0 spiro atoms. The van der Waals surface area contributed by atoms with E-state index in [0.717, 1.165) is 19.5 Å². The van der Waals surface area contributed by atoms with E-state index in [1.807, 2.05) is 18.4 Å². The molecule has 0 saturated carbocycles. The van der Waals surface area contributed by atoms with Crippen LogP contribution in [-0.2, 0) is 11.3 Å². The van der Waals surface area contributed by atoms with Crippen LogP contribution in [0, 0.1) is 0 Å². The Labute approximate surface area is 156 Å². The predicted molar refractivity (Wildman–Crippen MR) is 101 cm³/mol. The lowest BCUT2D eigenvalue weighted by Crippen LogP contribution is -2.43. The van der Waals surface area contributed by atoms with Gasteiger partial charge >= 0.3 is 0 Å². The van der Waals surface area contributed by atoms with Gasteiger partial charge in [0.15, 0.2) is 0 Å². The van der Waals surface area contributed by atoms with Gasteiger partial charge in [0.25, 0.3) is 11.5 Å². The Morgan fingerprint density at radius 1 is 1.35 bits per heavy atom. The highest BCUT2D eigenvalue weighted by Gasteiger charge is 2.24. The van der Waals surface area contributed by atoms with Crippen molar-refractivity contribution < 1.29 is 9.53 Å². The number of hydrogen-bond acceptors (Lipinski definition) is 6. The maximum atomic E-state index is 12.5. The molecular weight excluding hydrogens is 352 g/mol. The van der Waals surface area contributed by atoms with Crippen LogP contribution in [0.3, 0.4) is 0 Å². The highest BCUT2D eigenvalue weighted by atomic mass is 32.1. The summed E-state index contributed by atoms with van der Waals surface area (Å²) in [6.45, 7) is 6.07. The van der Waals surface area contributed by atoms with Gasteiger partial charge in [-0.15, -0.1) is 11.3 Å². The molecule has 3 rings (SSSR count). The van der Waals surface area contributed by atoms with Crippen LogP contribution >= 0.6 is 11.3 Å². The van der Waals surface area contributed by atoms with Crippen molar-refractivity contribution in [2.45, 2.75) is 25.9 Å². The van der Waals surface area contributed by atoms with E-state index in [1.165, 1.54) is 21.7 Å². The molecule has 2 aromatic heterocycles. The molecule has 1 N–H and O–H groups in total. The number of nitrogens with zero attached hydrogens (tertiary/aromatic N) is 3. The molecule has 1 fully saturated rings. The van der Waals surface area contributed by atoms with E-state index in [1.54, 1.807) is 11.3 Å². The van der Waals surface area contributed by atoms with Gasteiger partial charge in [-0.05, 0) is 23.9 Å². The lowest BCUT2D eigenvalue weighted by Gasteiger charge is -2.34. The molecule has 8 heteroatoms. The van der Waals surface area contributed by atoms with Crippen LogP contribution in [0.1, 0.15) is 34.8 Å². The van der Waals surface area contributed by atoms with Crippen molar-refractivity contribution in [3.63, 3.8) is 0 Å². The fourth-order valence-corrected chi connectivity index (χ4v) is 3.86. The van der Waals surface area contributed by atoms with E-state index >= 15 is 0 Å². The number of amides is 1. The summed E-state index contributed by atoms with van der Waals surface area (Å²) in [5, 5.41) is 9.21. The van der Waals surface area contributed by atoms with Gasteiger partial charge in [-0.3, -0.25) is 14.5 Å². The first kappa shape index (κ1) is 18.8. The minimum Gasteiger partial charge on any atom is -0.379 e. The largest absolute Gasteiger partial charge is 0.379 e. The van der Waals surface area contributed by atoms with E-state index in [2.05, 4.69) is 21.4 Å². The summed E-state index contributed by atoms with van der Waals surface area (Å²) in [6, 6.07) is 7.12. The molecule has 0 radical (unpaired) electrons. The summed E-state index contributed by atoms with van der Waals surface area (Å²) >= 11 is 1.69.